The fourth-order valence-corrected chi connectivity index (χ4v) is 3.97. The van der Waals surface area contributed by atoms with Crippen LogP contribution in [0.2, 0.25) is 0 Å². The molecule has 1 saturated heterocycles. The number of hydrogen-bond donors (Lipinski definition) is 0. The van der Waals surface area contributed by atoms with Crippen LogP contribution in [0, 0.1) is 6.92 Å². The monoisotopic (exact) mass is 380 g/mol. The molecule has 27 heavy (non-hydrogen) atoms. The highest BCUT2D eigenvalue weighted by Crippen LogP contribution is 2.19. The van der Waals surface area contributed by atoms with E-state index >= 15 is 0 Å². The number of thioether (sulfide) groups is 1. The van der Waals surface area contributed by atoms with E-state index in [0.29, 0.717) is 6.42 Å². The smallest absolute Gasteiger partial charge is 0.223 e. The topological polar surface area (TPSA) is 23.6 Å². The second-order valence-corrected chi connectivity index (χ2v) is 8.07. The second-order valence-electron chi connectivity index (χ2n) is 6.91. The molecule has 1 aliphatic rings. The molecule has 0 N–H and O–H groups in total. The zero-order chi connectivity index (χ0) is 18.9. The molecule has 0 saturated carbocycles. The van der Waals surface area contributed by atoms with E-state index in [1.165, 1.54) is 16.0 Å². The molecule has 1 amide bonds. The number of carbonyl (C=O) groups is 1. The molecule has 0 aliphatic carbocycles. The molecule has 2 aromatic carbocycles. The van der Waals surface area contributed by atoms with Crippen LogP contribution in [0.25, 0.3) is 6.08 Å². The fraction of sp³-hybridized carbons (Fsp3) is 0.348. The molecular formula is C23H28N2OS. The highest BCUT2D eigenvalue weighted by atomic mass is 32.2. The van der Waals surface area contributed by atoms with Crippen molar-refractivity contribution in [3.63, 3.8) is 0 Å². The number of nitrogens with zero attached hydrogens (tertiary/aromatic N) is 2. The van der Waals surface area contributed by atoms with E-state index in [4.69, 9.17) is 0 Å². The number of piperazine rings is 1. The predicted molar refractivity (Wildman–Crippen MR) is 115 cm³/mol. The molecule has 0 radical (unpaired) electrons. The summed E-state index contributed by atoms with van der Waals surface area (Å²) in [6, 6.07) is 18.9. The summed E-state index contributed by atoms with van der Waals surface area (Å²) in [5.74, 6) is 1.14. The average molecular weight is 381 g/mol. The van der Waals surface area contributed by atoms with Gasteiger partial charge in [-0.15, -0.1) is 11.8 Å². The van der Waals surface area contributed by atoms with Gasteiger partial charge in [-0.1, -0.05) is 60.2 Å². The summed E-state index contributed by atoms with van der Waals surface area (Å²) in [4.78, 5) is 18.1. The lowest BCUT2D eigenvalue weighted by Crippen LogP contribution is -2.48. The normalized spacial score (nSPS) is 15.4. The highest BCUT2D eigenvalue weighted by Gasteiger charge is 2.19. The van der Waals surface area contributed by atoms with Crippen molar-refractivity contribution >= 4 is 23.7 Å². The van der Waals surface area contributed by atoms with Crippen molar-refractivity contribution in [3.05, 3.63) is 71.8 Å². The molecule has 0 bridgehead atoms. The molecule has 1 heterocycles. The van der Waals surface area contributed by atoms with Gasteiger partial charge in [0.05, 0.1) is 0 Å². The largest absolute Gasteiger partial charge is 0.340 e. The maximum atomic E-state index is 12.4. The van der Waals surface area contributed by atoms with Gasteiger partial charge in [-0.25, -0.2) is 0 Å². The van der Waals surface area contributed by atoms with E-state index in [1.54, 1.807) is 11.8 Å². The van der Waals surface area contributed by atoms with Crippen molar-refractivity contribution in [2.75, 3.05) is 38.5 Å². The Morgan fingerprint density at radius 3 is 2.41 bits per heavy atom. The third-order valence-corrected chi connectivity index (χ3v) is 5.82. The van der Waals surface area contributed by atoms with E-state index in [1.807, 2.05) is 11.0 Å². The molecule has 0 unspecified atom stereocenters. The first-order valence-electron chi connectivity index (χ1n) is 9.62. The van der Waals surface area contributed by atoms with Gasteiger partial charge >= 0.3 is 0 Å². The summed E-state index contributed by atoms with van der Waals surface area (Å²) in [7, 11) is 0. The maximum Gasteiger partial charge on any atom is 0.223 e. The minimum Gasteiger partial charge on any atom is -0.340 e. The first-order valence-corrected chi connectivity index (χ1v) is 10.6. The summed E-state index contributed by atoms with van der Waals surface area (Å²) >= 11 is 1.76. The SMILES string of the molecule is Cc1ccc(SCCC(=O)N2CCN(C/C=C/c3ccccc3)CC2)cc1. The molecule has 142 valence electrons. The van der Waals surface area contributed by atoms with Crippen molar-refractivity contribution in [2.45, 2.75) is 18.2 Å². The van der Waals surface area contributed by atoms with Gasteiger partial charge in [-0.2, -0.15) is 0 Å². The Morgan fingerprint density at radius 2 is 1.70 bits per heavy atom. The molecule has 0 atom stereocenters. The number of aryl methyl sites for hydroxylation is 1. The van der Waals surface area contributed by atoms with Crippen molar-refractivity contribution in [3.8, 4) is 0 Å². The van der Waals surface area contributed by atoms with Crippen LogP contribution in [0.5, 0.6) is 0 Å². The van der Waals surface area contributed by atoms with E-state index in [0.717, 1.165) is 38.5 Å². The van der Waals surface area contributed by atoms with E-state index in [-0.39, 0.29) is 5.91 Å². The van der Waals surface area contributed by atoms with Gasteiger partial charge in [0, 0.05) is 49.8 Å². The summed E-state index contributed by atoms with van der Waals surface area (Å²) in [6.45, 7) is 6.63. The number of amides is 1. The van der Waals surface area contributed by atoms with Crippen molar-refractivity contribution in [2.24, 2.45) is 0 Å². The minimum atomic E-state index is 0.286. The molecule has 0 aromatic heterocycles. The van der Waals surface area contributed by atoms with Crippen LogP contribution in [0.3, 0.4) is 0 Å². The number of hydrogen-bond acceptors (Lipinski definition) is 3. The molecule has 2 aromatic rings. The van der Waals surface area contributed by atoms with Gasteiger partial charge in [0.1, 0.15) is 0 Å². The van der Waals surface area contributed by atoms with Crippen LogP contribution < -0.4 is 0 Å². The predicted octanol–water partition coefficient (Wildman–Crippen LogP) is 4.33. The Morgan fingerprint density at radius 1 is 1.00 bits per heavy atom. The van der Waals surface area contributed by atoms with Crippen molar-refractivity contribution in [1.82, 2.24) is 9.80 Å². The van der Waals surface area contributed by atoms with Crippen LogP contribution in [-0.2, 0) is 4.79 Å². The highest BCUT2D eigenvalue weighted by molar-refractivity contribution is 7.99. The zero-order valence-corrected chi connectivity index (χ0v) is 16.8. The van der Waals surface area contributed by atoms with Crippen molar-refractivity contribution in [1.29, 1.82) is 0 Å². The Balaban J connectivity index is 1.34. The molecule has 1 fully saturated rings. The van der Waals surface area contributed by atoms with E-state index < -0.39 is 0 Å². The molecule has 4 heteroatoms. The number of rotatable bonds is 7. The lowest BCUT2D eigenvalue weighted by molar-refractivity contribution is -0.132. The third kappa shape index (κ3) is 6.56. The summed E-state index contributed by atoms with van der Waals surface area (Å²) < 4.78 is 0. The fourth-order valence-electron chi connectivity index (χ4n) is 3.13. The Bertz CT molecular complexity index is 735. The summed E-state index contributed by atoms with van der Waals surface area (Å²) in [5, 5.41) is 0. The van der Waals surface area contributed by atoms with Gasteiger partial charge < -0.3 is 4.90 Å². The Kier molecular flexibility index (Phi) is 7.55. The lowest BCUT2D eigenvalue weighted by atomic mass is 10.2. The Labute approximate surface area is 167 Å². The van der Waals surface area contributed by atoms with Crippen LogP contribution in [0.15, 0.2) is 65.6 Å². The Hall–Kier alpha value is -2.04. The summed E-state index contributed by atoms with van der Waals surface area (Å²) in [6.07, 6.45) is 5.00. The van der Waals surface area contributed by atoms with Gasteiger partial charge in [-0.3, -0.25) is 9.69 Å². The second kappa shape index (κ2) is 10.3. The minimum absolute atomic E-state index is 0.286. The standard InChI is InChI=1S/C23H28N2OS/c1-20-9-11-22(12-10-20)27-19-13-23(26)25-17-15-24(16-18-25)14-5-8-21-6-3-2-4-7-21/h2-12H,13-19H2,1H3/b8-5+. The van der Waals surface area contributed by atoms with E-state index in [9.17, 15) is 4.79 Å². The summed E-state index contributed by atoms with van der Waals surface area (Å²) in [5.41, 5.74) is 2.50. The molecule has 1 aliphatic heterocycles. The van der Waals surface area contributed by atoms with Crippen LogP contribution >= 0.6 is 11.8 Å². The lowest BCUT2D eigenvalue weighted by Gasteiger charge is -2.34. The third-order valence-electron chi connectivity index (χ3n) is 4.80. The van der Waals surface area contributed by atoms with Crippen LogP contribution in [0.1, 0.15) is 17.5 Å². The van der Waals surface area contributed by atoms with Crippen LogP contribution in [0.4, 0.5) is 0 Å². The number of benzene rings is 2. The molecular weight excluding hydrogens is 352 g/mol. The molecule has 3 rings (SSSR count). The average Bonchev–Trinajstić information content (AvgIpc) is 2.71. The van der Waals surface area contributed by atoms with Gasteiger partial charge in [-0.05, 0) is 24.6 Å². The van der Waals surface area contributed by atoms with Crippen molar-refractivity contribution < 1.29 is 4.79 Å². The van der Waals surface area contributed by atoms with Gasteiger partial charge in [0.25, 0.3) is 0 Å². The quantitative estimate of drug-likeness (QED) is 0.668. The number of carbonyl (C=O) groups excluding carboxylic acids is 1. The first-order chi connectivity index (χ1) is 13.2. The van der Waals surface area contributed by atoms with Gasteiger partial charge in [0.15, 0.2) is 0 Å². The zero-order valence-electron chi connectivity index (χ0n) is 16.0. The van der Waals surface area contributed by atoms with Crippen LogP contribution in [-0.4, -0.2) is 54.2 Å². The molecule has 0 spiro atoms. The molecule has 3 nitrogen and oxygen atoms in total. The van der Waals surface area contributed by atoms with E-state index in [2.05, 4.69) is 72.5 Å². The first kappa shape index (κ1) is 19.7. The maximum absolute atomic E-state index is 12.4. The van der Waals surface area contributed by atoms with Gasteiger partial charge in [0.2, 0.25) is 5.91 Å².